The number of nitrogens with one attached hydrogen (secondary N) is 1. The topological polar surface area (TPSA) is 86.8 Å². The zero-order valence-corrected chi connectivity index (χ0v) is 19.7. The number of hydrogen-bond donors (Lipinski definition) is 1. The van der Waals surface area contributed by atoms with E-state index in [2.05, 4.69) is 5.32 Å². The van der Waals surface area contributed by atoms with Gasteiger partial charge >= 0.3 is 0 Å². The standard InChI is InChI=1S/C23H30FN3O4S/c1-5-20(23(29)25-6-2)26(15-18-11-13-19(24)14-12-18)22(28)16-27(32(4,30)31)21-10-8-7-9-17(21)3/h7-14,20H,5-6,15-16H2,1-4H3,(H,25,29)/t20-/m0/s1. The van der Waals surface area contributed by atoms with Gasteiger partial charge in [-0.05, 0) is 49.6 Å². The quantitative estimate of drug-likeness (QED) is 0.587. The molecule has 174 valence electrons. The van der Waals surface area contributed by atoms with Crippen LogP contribution in [0.5, 0.6) is 0 Å². The van der Waals surface area contributed by atoms with Gasteiger partial charge in [-0.2, -0.15) is 0 Å². The molecule has 7 nitrogen and oxygen atoms in total. The van der Waals surface area contributed by atoms with Crippen LogP contribution >= 0.6 is 0 Å². The lowest BCUT2D eigenvalue weighted by atomic mass is 10.1. The Balaban J connectivity index is 2.43. The number of carbonyl (C=O) groups is 2. The van der Waals surface area contributed by atoms with Crippen LogP contribution in [0, 0.1) is 12.7 Å². The highest BCUT2D eigenvalue weighted by atomic mass is 32.2. The third kappa shape index (κ3) is 6.53. The highest BCUT2D eigenvalue weighted by Crippen LogP contribution is 2.23. The van der Waals surface area contributed by atoms with Crippen molar-refractivity contribution >= 4 is 27.5 Å². The van der Waals surface area contributed by atoms with Gasteiger partial charge in [-0.25, -0.2) is 12.8 Å². The van der Waals surface area contributed by atoms with E-state index in [1.807, 2.05) is 0 Å². The Labute approximate surface area is 189 Å². The summed E-state index contributed by atoms with van der Waals surface area (Å²) < 4.78 is 39.5. The first kappa shape index (κ1) is 25.3. The molecule has 0 aromatic heterocycles. The first-order valence-electron chi connectivity index (χ1n) is 10.4. The molecule has 0 aliphatic carbocycles. The Hall–Kier alpha value is -2.94. The summed E-state index contributed by atoms with van der Waals surface area (Å²) in [5.41, 5.74) is 1.73. The number of para-hydroxylation sites is 1. The first-order valence-corrected chi connectivity index (χ1v) is 12.3. The summed E-state index contributed by atoms with van der Waals surface area (Å²) in [7, 11) is -3.77. The van der Waals surface area contributed by atoms with E-state index in [0.29, 0.717) is 29.8 Å². The predicted molar refractivity (Wildman–Crippen MR) is 123 cm³/mol. The fourth-order valence-corrected chi connectivity index (χ4v) is 4.34. The zero-order valence-electron chi connectivity index (χ0n) is 18.8. The monoisotopic (exact) mass is 463 g/mol. The number of amides is 2. The van der Waals surface area contributed by atoms with Gasteiger partial charge in [0, 0.05) is 13.1 Å². The number of rotatable bonds is 10. The number of nitrogens with zero attached hydrogens (tertiary/aromatic N) is 2. The van der Waals surface area contributed by atoms with Crippen LogP contribution in [0.3, 0.4) is 0 Å². The Bertz CT molecular complexity index is 1040. The van der Waals surface area contributed by atoms with E-state index < -0.39 is 34.3 Å². The third-order valence-electron chi connectivity index (χ3n) is 5.07. The molecule has 2 rings (SSSR count). The van der Waals surface area contributed by atoms with E-state index in [1.165, 1.54) is 29.2 Å². The lowest BCUT2D eigenvalue weighted by molar-refractivity contribution is -0.140. The summed E-state index contributed by atoms with van der Waals surface area (Å²) >= 11 is 0. The van der Waals surface area contributed by atoms with Gasteiger partial charge in [0.25, 0.3) is 0 Å². The van der Waals surface area contributed by atoms with Gasteiger partial charge in [0.2, 0.25) is 21.8 Å². The van der Waals surface area contributed by atoms with Crippen molar-refractivity contribution in [2.24, 2.45) is 0 Å². The fourth-order valence-electron chi connectivity index (χ4n) is 3.44. The van der Waals surface area contributed by atoms with Gasteiger partial charge in [0.05, 0.1) is 11.9 Å². The van der Waals surface area contributed by atoms with Gasteiger partial charge in [-0.15, -0.1) is 0 Å². The van der Waals surface area contributed by atoms with E-state index in [9.17, 15) is 22.4 Å². The lowest BCUT2D eigenvalue weighted by Gasteiger charge is -2.33. The Morgan fingerprint density at radius 1 is 1.06 bits per heavy atom. The van der Waals surface area contributed by atoms with Crippen molar-refractivity contribution in [3.63, 3.8) is 0 Å². The summed E-state index contributed by atoms with van der Waals surface area (Å²) in [6, 6.07) is 11.7. The summed E-state index contributed by atoms with van der Waals surface area (Å²) in [4.78, 5) is 27.5. The van der Waals surface area contributed by atoms with Gasteiger partial charge < -0.3 is 10.2 Å². The molecule has 1 N–H and O–H groups in total. The molecule has 0 bridgehead atoms. The molecule has 9 heteroatoms. The lowest BCUT2D eigenvalue weighted by Crippen LogP contribution is -2.52. The minimum Gasteiger partial charge on any atom is -0.355 e. The summed E-state index contributed by atoms with van der Waals surface area (Å²) in [5.74, 6) is -1.27. The SMILES string of the molecule is CCNC(=O)[C@H](CC)N(Cc1ccc(F)cc1)C(=O)CN(c1ccccc1C)S(C)(=O)=O. The second-order valence-electron chi connectivity index (χ2n) is 7.52. The van der Waals surface area contributed by atoms with Crippen molar-refractivity contribution in [2.45, 2.75) is 39.8 Å². The maximum atomic E-state index is 13.4. The van der Waals surface area contributed by atoms with Crippen molar-refractivity contribution in [3.05, 3.63) is 65.5 Å². The van der Waals surface area contributed by atoms with Crippen molar-refractivity contribution < 1.29 is 22.4 Å². The highest BCUT2D eigenvalue weighted by Gasteiger charge is 2.31. The smallest absolute Gasteiger partial charge is 0.244 e. The minimum absolute atomic E-state index is 0.0418. The molecule has 0 heterocycles. The normalized spacial score (nSPS) is 12.2. The van der Waals surface area contributed by atoms with Gasteiger partial charge in [-0.1, -0.05) is 37.3 Å². The van der Waals surface area contributed by atoms with Gasteiger partial charge in [-0.3, -0.25) is 13.9 Å². The molecule has 2 aromatic carbocycles. The summed E-state index contributed by atoms with van der Waals surface area (Å²) in [6.07, 6.45) is 1.38. The molecule has 32 heavy (non-hydrogen) atoms. The molecule has 0 aliphatic rings. The third-order valence-corrected chi connectivity index (χ3v) is 6.19. The van der Waals surface area contributed by atoms with Crippen LogP contribution in [0.4, 0.5) is 10.1 Å². The van der Waals surface area contributed by atoms with Gasteiger partial charge in [0.15, 0.2) is 0 Å². The van der Waals surface area contributed by atoms with Crippen LogP contribution in [0.2, 0.25) is 0 Å². The maximum absolute atomic E-state index is 13.4. The molecular formula is C23H30FN3O4S. The molecule has 0 aliphatic heterocycles. The van der Waals surface area contributed by atoms with Crippen molar-refractivity contribution in [3.8, 4) is 0 Å². The van der Waals surface area contributed by atoms with Crippen LogP contribution in [0.15, 0.2) is 48.5 Å². The largest absolute Gasteiger partial charge is 0.355 e. The van der Waals surface area contributed by atoms with Crippen molar-refractivity contribution in [2.75, 3.05) is 23.7 Å². The number of aryl methyl sites for hydroxylation is 1. The molecule has 0 radical (unpaired) electrons. The number of anilines is 1. The van der Waals surface area contributed by atoms with Crippen LogP contribution in [-0.4, -0.2) is 50.5 Å². The number of sulfonamides is 1. The Morgan fingerprint density at radius 2 is 1.69 bits per heavy atom. The van der Waals surface area contributed by atoms with Crippen molar-refractivity contribution in [1.29, 1.82) is 0 Å². The second kappa shape index (κ2) is 11.1. The summed E-state index contributed by atoms with van der Waals surface area (Å²) in [6.45, 7) is 5.30. The van der Waals surface area contributed by atoms with E-state index >= 15 is 0 Å². The second-order valence-corrected chi connectivity index (χ2v) is 9.43. The summed E-state index contributed by atoms with van der Waals surface area (Å²) in [5, 5.41) is 2.73. The number of likely N-dealkylation sites (N-methyl/N-ethyl adjacent to an activating group) is 1. The van der Waals surface area contributed by atoms with E-state index in [0.717, 1.165) is 10.6 Å². The number of hydrogen-bond acceptors (Lipinski definition) is 4. The fraction of sp³-hybridized carbons (Fsp3) is 0.391. The zero-order chi connectivity index (χ0) is 23.9. The average Bonchev–Trinajstić information content (AvgIpc) is 2.73. The van der Waals surface area contributed by atoms with Crippen LogP contribution in [0.1, 0.15) is 31.4 Å². The molecule has 0 saturated heterocycles. The van der Waals surface area contributed by atoms with Gasteiger partial charge in [0.1, 0.15) is 18.4 Å². The first-order chi connectivity index (χ1) is 15.1. The molecule has 2 aromatic rings. The highest BCUT2D eigenvalue weighted by molar-refractivity contribution is 7.92. The number of carbonyl (C=O) groups excluding carboxylic acids is 2. The Kier molecular flexibility index (Phi) is 8.77. The molecule has 0 saturated carbocycles. The Morgan fingerprint density at radius 3 is 2.22 bits per heavy atom. The van der Waals surface area contributed by atoms with Crippen LogP contribution < -0.4 is 9.62 Å². The van der Waals surface area contributed by atoms with Crippen LogP contribution in [-0.2, 0) is 26.2 Å². The molecule has 1 atom stereocenters. The van der Waals surface area contributed by atoms with Crippen molar-refractivity contribution in [1.82, 2.24) is 10.2 Å². The van der Waals surface area contributed by atoms with E-state index in [4.69, 9.17) is 0 Å². The minimum atomic E-state index is -3.77. The van der Waals surface area contributed by atoms with Crippen LogP contribution in [0.25, 0.3) is 0 Å². The van der Waals surface area contributed by atoms with E-state index in [-0.39, 0.29) is 12.5 Å². The maximum Gasteiger partial charge on any atom is 0.244 e. The molecule has 0 spiro atoms. The number of benzene rings is 2. The average molecular weight is 464 g/mol. The molecular weight excluding hydrogens is 433 g/mol. The van der Waals surface area contributed by atoms with E-state index in [1.54, 1.807) is 45.0 Å². The number of halogens is 1. The molecule has 2 amide bonds. The predicted octanol–water partition coefficient (Wildman–Crippen LogP) is 2.84. The molecule has 0 fully saturated rings. The molecule has 0 unspecified atom stereocenters.